The summed E-state index contributed by atoms with van der Waals surface area (Å²) in [7, 11) is 0. The molecule has 0 saturated heterocycles. The van der Waals surface area contributed by atoms with E-state index in [1.807, 2.05) is 6.20 Å². The van der Waals surface area contributed by atoms with E-state index in [9.17, 15) is 0 Å². The van der Waals surface area contributed by atoms with Crippen LogP contribution < -0.4 is 0 Å². The third kappa shape index (κ3) is 1.75. The Morgan fingerprint density at radius 3 is 2.73 bits per heavy atom. The Morgan fingerprint density at radius 2 is 2.36 bits per heavy atom. The van der Waals surface area contributed by atoms with Gasteiger partial charge in [0.25, 0.3) is 0 Å². The number of hydrogen-bond donors (Lipinski definition) is 0. The first kappa shape index (κ1) is 9.03. The highest BCUT2D eigenvalue weighted by Crippen LogP contribution is 2.16. The molecular formula is C8H13IN2. The minimum atomic E-state index is 0.526. The zero-order valence-electron chi connectivity index (χ0n) is 7.13. The first-order valence-corrected chi connectivity index (χ1v) is 4.94. The van der Waals surface area contributed by atoms with Gasteiger partial charge in [-0.1, -0.05) is 6.92 Å². The summed E-state index contributed by atoms with van der Waals surface area (Å²) in [6.07, 6.45) is 3.06. The van der Waals surface area contributed by atoms with Crippen molar-refractivity contribution in [2.24, 2.45) is 0 Å². The lowest BCUT2D eigenvalue weighted by atomic mass is 10.2. The van der Waals surface area contributed by atoms with E-state index in [1.54, 1.807) is 0 Å². The molecule has 0 N–H and O–H groups in total. The van der Waals surface area contributed by atoms with Gasteiger partial charge >= 0.3 is 0 Å². The maximum absolute atomic E-state index is 4.30. The maximum atomic E-state index is 4.30. The molecule has 3 heteroatoms. The SMILES string of the molecule is CC[C@H](C)n1ncc(I)c1C. The molecule has 1 aromatic rings. The van der Waals surface area contributed by atoms with Gasteiger partial charge in [-0.25, -0.2) is 0 Å². The minimum absolute atomic E-state index is 0.526. The summed E-state index contributed by atoms with van der Waals surface area (Å²) < 4.78 is 3.34. The van der Waals surface area contributed by atoms with Crippen molar-refractivity contribution in [3.63, 3.8) is 0 Å². The molecule has 0 aliphatic carbocycles. The molecule has 1 atom stereocenters. The van der Waals surface area contributed by atoms with Crippen molar-refractivity contribution in [2.75, 3.05) is 0 Å². The topological polar surface area (TPSA) is 17.8 Å². The average molecular weight is 264 g/mol. The van der Waals surface area contributed by atoms with Crippen LogP contribution in [0, 0.1) is 10.5 Å². The van der Waals surface area contributed by atoms with Gasteiger partial charge in [0.1, 0.15) is 0 Å². The largest absolute Gasteiger partial charge is 0.266 e. The summed E-state index contributed by atoms with van der Waals surface area (Å²) in [6.45, 7) is 6.48. The third-order valence-corrected chi connectivity index (χ3v) is 3.05. The molecule has 0 aliphatic heterocycles. The minimum Gasteiger partial charge on any atom is -0.266 e. The van der Waals surface area contributed by atoms with E-state index >= 15 is 0 Å². The molecule has 62 valence electrons. The molecular weight excluding hydrogens is 251 g/mol. The summed E-state index contributed by atoms with van der Waals surface area (Å²) in [4.78, 5) is 0. The van der Waals surface area contributed by atoms with Crippen LogP contribution in [0.5, 0.6) is 0 Å². The highest BCUT2D eigenvalue weighted by molar-refractivity contribution is 14.1. The van der Waals surface area contributed by atoms with Gasteiger partial charge < -0.3 is 0 Å². The molecule has 0 unspecified atom stereocenters. The lowest BCUT2D eigenvalue weighted by molar-refractivity contribution is 0.467. The van der Waals surface area contributed by atoms with E-state index in [-0.39, 0.29) is 0 Å². The second-order valence-corrected chi connectivity index (χ2v) is 3.94. The van der Waals surface area contributed by atoms with E-state index in [4.69, 9.17) is 0 Å². The van der Waals surface area contributed by atoms with Crippen molar-refractivity contribution in [3.05, 3.63) is 15.5 Å². The lowest BCUT2D eigenvalue weighted by Gasteiger charge is -2.10. The van der Waals surface area contributed by atoms with Gasteiger partial charge in [0, 0.05) is 11.7 Å². The number of rotatable bonds is 2. The molecule has 0 aliphatic rings. The van der Waals surface area contributed by atoms with E-state index in [1.165, 1.54) is 9.26 Å². The summed E-state index contributed by atoms with van der Waals surface area (Å²) in [5.74, 6) is 0. The normalized spacial score (nSPS) is 13.5. The predicted molar refractivity (Wildman–Crippen MR) is 54.7 cm³/mol. The summed E-state index contributed by atoms with van der Waals surface area (Å²) in [5.41, 5.74) is 1.28. The van der Waals surface area contributed by atoms with E-state index in [2.05, 4.69) is 53.1 Å². The number of hydrogen-bond acceptors (Lipinski definition) is 1. The smallest absolute Gasteiger partial charge is 0.0626 e. The van der Waals surface area contributed by atoms with Gasteiger partial charge in [-0.3, -0.25) is 4.68 Å². The molecule has 11 heavy (non-hydrogen) atoms. The van der Waals surface area contributed by atoms with Crippen LogP contribution >= 0.6 is 22.6 Å². The van der Waals surface area contributed by atoms with Gasteiger partial charge in [0.05, 0.1) is 9.77 Å². The van der Waals surface area contributed by atoms with Crippen molar-refractivity contribution >= 4 is 22.6 Å². The van der Waals surface area contributed by atoms with Crippen LogP contribution in [0.15, 0.2) is 6.20 Å². The molecule has 0 radical (unpaired) electrons. The van der Waals surface area contributed by atoms with E-state index in [0.29, 0.717) is 6.04 Å². The van der Waals surface area contributed by atoms with Gasteiger partial charge in [0.15, 0.2) is 0 Å². The monoisotopic (exact) mass is 264 g/mol. The first-order chi connectivity index (χ1) is 5.16. The fourth-order valence-corrected chi connectivity index (χ4v) is 1.39. The quantitative estimate of drug-likeness (QED) is 0.751. The van der Waals surface area contributed by atoms with Crippen molar-refractivity contribution in [1.29, 1.82) is 0 Å². The number of aromatic nitrogens is 2. The second-order valence-electron chi connectivity index (χ2n) is 2.78. The van der Waals surface area contributed by atoms with Crippen LogP contribution in [0.1, 0.15) is 32.0 Å². The van der Waals surface area contributed by atoms with E-state index < -0.39 is 0 Å². The Hall–Kier alpha value is -0.0600. The van der Waals surface area contributed by atoms with Crippen LogP contribution in [0.2, 0.25) is 0 Å². The molecule has 0 amide bonds. The highest BCUT2D eigenvalue weighted by atomic mass is 127. The van der Waals surface area contributed by atoms with E-state index in [0.717, 1.165) is 6.42 Å². The van der Waals surface area contributed by atoms with Crippen LogP contribution in [0.3, 0.4) is 0 Å². The van der Waals surface area contributed by atoms with Crippen LogP contribution in [0.25, 0.3) is 0 Å². The predicted octanol–water partition coefficient (Wildman–Crippen LogP) is 2.77. The number of halogens is 1. The molecule has 0 aromatic carbocycles. The van der Waals surface area contributed by atoms with Gasteiger partial charge in [-0.15, -0.1) is 0 Å². The highest BCUT2D eigenvalue weighted by Gasteiger charge is 2.07. The van der Waals surface area contributed by atoms with Crippen molar-refractivity contribution in [1.82, 2.24) is 9.78 Å². The fraction of sp³-hybridized carbons (Fsp3) is 0.625. The lowest BCUT2D eigenvalue weighted by Crippen LogP contribution is -2.07. The fourth-order valence-electron chi connectivity index (χ4n) is 1.02. The van der Waals surface area contributed by atoms with Crippen LogP contribution in [-0.2, 0) is 0 Å². The maximum Gasteiger partial charge on any atom is 0.0626 e. The zero-order valence-corrected chi connectivity index (χ0v) is 9.29. The molecule has 0 fully saturated rings. The Morgan fingerprint density at radius 1 is 1.73 bits per heavy atom. The summed E-state index contributed by atoms with van der Waals surface area (Å²) in [5, 5.41) is 4.30. The number of nitrogens with zero attached hydrogens (tertiary/aromatic N) is 2. The Balaban J connectivity index is 2.94. The second kappa shape index (κ2) is 3.56. The van der Waals surface area contributed by atoms with Crippen LogP contribution in [-0.4, -0.2) is 9.78 Å². The molecule has 1 rings (SSSR count). The van der Waals surface area contributed by atoms with Crippen molar-refractivity contribution in [3.8, 4) is 0 Å². The molecule has 1 aromatic heterocycles. The summed E-state index contributed by atoms with van der Waals surface area (Å²) in [6, 6.07) is 0.526. The first-order valence-electron chi connectivity index (χ1n) is 3.86. The third-order valence-electron chi connectivity index (χ3n) is 1.99. The van der Waals surface area contributed by atoms with Gasteiger partial charge in [-0.05, 0) is 42.9 Å². The zero-order chi connectivity index (χ0) is 8.43. The van der Waals surface area contributed by atoms with Crippen LogP contribution in [0.4, 0.5) is 0 Å². The van der Waals surface area contributed by atoms with Crippen molar-refractivity contribution < 1.29 is 0 Å². The molecule has 0 spiro atoms. The summed E-state index contributed by atoms with van der Waals surface area (Å²) >= 11 is 2.31. The molecule has 0 saturated carbocycles. The molecule has 2 nitrogen and oxygen atoms in total. The standard InChI is InChI=1S/C8H13IN2/c1-4-6(2)11-7(3)8(9)5-10-11/h5-6H,4H2,1-3H3/t6-/m0/s1. The van der Waals surface area contributed by atoms with Gasteiger partial charge in [-0.2, -0.15) is 5.10 Å². The van der Waals surface area contributed by atoms with Gasteiger partial charge in [0.2, 0.25) is 0 Å². The Bertz CT molecular complexity index is 242. The average Bonchev–Trinajstić information content (AvgIpc) is 2.32. The Labute approximate surface area is 81.1 Å². The van der Waals surface area contributed by atoms with Crippen molar-refractivity contribution in [2.45, 2.75) is 33.2 Å². The Kier molecular flexibility index (Phi) is 2.92. The molecule has 1 heterocycles. The molecule has 0 bridgehead atoms.